The third kappa shape index (κ3) is 2.26. The smallest absolute Gasteiger partial charge is 0.278 e. The Morgan fingerprint density at radius 2 is 1.92 bits per heavy atom. The van der Waals surface area contributed by atoms with Crippen molar-refractivity contribution in [2.45, 2.75) is 13.0 Å². The molecule has 24 heavy (non-hydrogen) atoms. The molecule has 0 spiro atoms. The molecule has 2 heterocycles. The van der Waals surface area contributed by atoms with Gasteiger partial charge in [0, 0.05) is 10.2 Å². The molecule has 1 aromatic heterocycles. The zero-order valence-corrected chi connectivity index (χ0v) is 14.3. The molecule has 4 rings (SSSR count). The Bertz CT molecular complexity index is 978. The molecule has 1 unspecified atom stereocenters. The highest BCUT2D eigenvalue weighted by atomic mass is 79.9. The van der Waals surface area contributed by atoms with Gasteiger partial charge in [0.25, 0.3) is 5.91 Å². The van der Waals surface area contributed by atoms with Gasteiger partial charge in [-0.15, -0.1) is 5.10 Å². The number of hydrazone groups is 1. The van der Waals surface area contributed by atoms with Crippen molar-refractivity contribution in [3.05, 3.63) is 46.9 Å². The number of rotatable bonds is 2. The zero-order valence-electron chi connectivity index (χ0n) is 12.7. The highest BCUT2D eigenvalue weighted by Crippen LogP contribution is 2.29. The molecule has 1 atom stereocenters. The Hall–Kier alpha value is -2.74. The predicted molar refractivity (Wildman–Crippen MR) is 95.7 cm³/mol. The van der Waals surface area contributed by atoms with E-state index in [1.54, 1.807) is 28.9 Å². The SMILES string of the molecule is CC1=NN(c2ccc(N)cc2)C(=O)C1n1nnc2cc(Br)ccc21. The fraction of sp³-hybridized carbons (Fsp3) is 0.125. The molecule has 1 amide bonds. The zero-order chi connectivity index (χ0) is 16.8. The Labute approximate surface area is 145 Å². The number of nitrogen functional groups attached to an aromatic ring is 1. The van der Waals surface area contributed by atoms with Crippen LogP contribution in [0.1, 0.15) is 13.0 Å². The van der Waals surface area contributed by atoms with Crippen LogP contribution in [0.3, 0.4) is 0 Å². The van der Waals surface area contributed by atoms with Gasteiger partial charge in [-0.3, -0.25) is 4.79 Å². The number of nitrogens with two attached hydrogens (primary N) is 1. The van der Waals surface area contributed by atoms with Crippen molar-refractivity contribution in [1.82, 2.24) is 15.0 Å². The molecule has 8 heteroatoms. The maximum absolute atomic E-state index is 12.9. The average Bonchev–Trinajstić information content (AvgIpc) is 3.08. The van der Waals surface area contributed by atoms with Crippen molar-refractivity contribution >= 4 is 50.0 Å². The number of benzene rings is 2. The molecule has 0 aliphatic carbocycles. The Kier molecular flexibility index (Phi) is 3.34. The monoisotopic (exact) mass is 384 g/mol. The number of hydrogen-bond donors (Lipinski definition) is 1. The van der Waals surface area contributed by atoms with E-state index in [1.165, 1.54) is 5.01 Å². The summed E-state index contributed by atoms with van der Waals surface area (Å²) in [5, 5.41) is 14.1. The summed E-state index contributed by atoms with van der Waals surface area (Å²) >= 11 is 3.41. The topological polar surface area (TPSA) is 89.4 Å². The molecular weight excluding hydrogens is 372 g/mol. The van der Waals surface area contributed by atoms with Crippen LogP contribution in [0.15, 0.2) is 52.0 Å². The van der Waals surface area contributed by atoms with Crippen LogP contribution in [-0.4, -0.2) is 26.6 Å². The molecular formula is C16H13BrN6O. The van der Waals surface area contributed by atoms with E-state index in [0.717, 1.165) is 15.5 Å². The standard InChI is InChI=1S/C16H13BrN6O/c1-9-15(23-14-7-2-10(17)8-13(14)19-21-23)16(24)22(20-9)12-5-3-11(18)4-6-12/h2-8,15H,18H2,1H3. The number of aromatic nitrogens is 3. The van der Waals surface area contributed by atoms with Crippen LogP contribution in [0.4, 0.5) is 11.4 Å². The van der Waals surface area contributed by atoms with Crippen LogP contribution < -0.4 is 10.7 Å². The van der Waals surface area contributed by atoms with E-state index < -0.39 is 6.04 Å². The summed E-state index contributed by atoms with van der Waals surface area (Å²) in [6.45, 7) is 1.81. The molecule has 1 aliphatic heterocycles. The summed E-state index contributed by atoms with van der Waals surface area (Å²) in [4.78, 5) is 12.9. The third-order valence-electron chi connectivity index (χ3n) is 3.91. The van der Waals surface area contributed by atoms with Gasteiger partial charge < -0.3 is 5.73 Å². The molecule has 3 aromatic rings. The van der Waals surface area contributed by atoms with Gasteiger partial charge in [0.2, 0.25) is 0 Å². The van der Waals surface area contributed by atoms with Gasteiger partial charge in [0.1, 0.15) is 5.52 Å². The van der Waals surface area contributed by atoms with Gasteiger partial charge in [-0.05, 0) is 49.4 Å². The minimum Gasteiger partial charge on any atom is -0.399 e. The van der Waals surface area contributed by atoms with Crippen molar-refractivity contribution in [1.29, 1.82) is 0 Å². The lowest BCUT2D eigenvalue weighted by Crippen LogP contribution is -2.30. The summed E-state index contributed by atoms with van der Waals surface area (Å²) < 4.78 is 2.52. The van der Waals surface area contributed by atoms with E-state index in [0.29, 0.717) is 17.1 Å². The first kappa shape index (κ1) is 14.8. The number of halogens is 1. The van der Waals surface area contributed by atoms with Crippen molar-refractivity contribution in [3.8, 4) is 0 Å². The quantitative estimate of drug-likeness (QED) is 0.687. The fourth-order valence-electron chi connectivity index (χ4n) is 2.74. The molecule has 0 saturated heterocycles. The maximum atomic E-state index is 12.9. The van der Waals surface area contributed by atoms with Crippen LogP contribution in [0, 0.1) is 0 Å². The number of hydrogen-bond acceptors (Lipinski definition) is 5. The molecule has 2 N–H and O–H groups in total. The van der Waals surface area contributed by atoms with Gasteiger partial charge in [0.05, 0.1) is 16.9 Å². The lowest BCUT2D eigenvalue weighted by atomic mass is 10.2. The molecule has 0 saturated carbocycles. The van der Waals surface area contributed by atoms with Crippen LogP contribution in [-0.2, 0) is 4.79 Å². The Balaban J connectivity index is 1.75. The first-order valence-electron chi connectivity index (χ1n) is 7.29. The normalized spacial score (nSPS) is 17.6. The third-order valence-corrected chi connectivity index (χ3v) is 4.40. The lowest BCUT2D eigenvalue weighted by molar-refractivity contribution is -0.119. The lowest BCUT2D eigenvalue weighted by Gasteiger charge is -2.15. The summed E-state index contributed by atoms with van der Waals surface area (Å²) in [5.74, 6) is -0.174. The van der Waals surface area contributed by atoms with Crippen molar-refractivity contribution in [3.63, 3.8) is 0 Å². The predicted octanol–water partition coefficient (Wildman–Crippen LogP) is 2.74. The second-order valence-electron chi connectivity index (χ2n) is 5.55. The van der Waals surface area contributed by atoms with Crippen LogP contribution >= 0.6 is 15.9 Å². The van der Waals surface area contributed by atoms with Crippen LogP contribution in [0.25, 0.3) is 11.0 Å². The van der Waals surface area contributed by atoms with Gasteiger partial charge >= 0.3 is 0 Å². The number of fused-ring (bicyclic) bond motifs is 1. The summed E-state index contributed by atoms with van der Waals surface area (Å²) in [6.07, 6.45) is 0. The summed E-state index contributed by atoms with van der Waals surface area (Å²) in [6, 6.07) is 12.0. The second kappa shape index (κ2) is 5.41. The molecule has 2 aromatic carbocycles. The highest BCUT2D eigenvalue weighted by Gasteiger charge is 2.37. The van der Waals surface area contributed by atoms with Crippen molar-refractivity contribution in [2.24, 2.45) is 5.10 Å². The number of carbonyl (C=O) groups is 1. The Morgan fingerprint density at radius 3 is 2.67 bits per heavy atom. The van der Waals surface area contributed by atoms with E-state index in [-0.39, 0.29) is 5.91 Å². The first-order chi connectivity index (χ1) is 11.5. The van der Waals surface area contributed by atoms with E-state index in [2.05, 4.69) is 31.3 Å². The average molecular weight is 385 g/mol. The van der Waals surface area contributed by atoms with Crippen LogP contribution in [0.5, 0.6) is 0 Å². The minimum atomic E-state index is -0.603. The molecule has 0 fully saturated rings. The largest absolute Gasteiger partial charge is 0.399 e. The number of carbonyl (C=O) groups excluding carboxylic acids is 1. The number of nitrogens with zero attached hydrogens (tertiary/aromatic N) is 5. The number of anilines is 2. The van der Waals surface area contributed by atoms with E-state index in [4.69, 9.17) is 5.73 Å². The fourth-order valence-corrected chi connectivity index (χ4v) is 3.09. The Morgan fingerprint density at radius 1 is 1.17 bits per heavy atom. The molecule has 0 bridgehead atoms. The summed E-state index contributed by atoms with van der Waals surface area (Å²) in [7, 11) is 0. The van der Waals surface area contributed by atoms with E-state index in [1.807, 2.05) is 25.1 Å². The first-order valence-corrected chi connectivity index (χ1v) is 8.09. The van der Waals surface area contributed by atoms with Crippen molar-refractivity contribution < 1.29 is 4.79 Å². The van der Waals surface area contributed by atoms with Gasteiger partial charge in [-0.2, -0.15) is 10.1 Å². The van der Waals surface area contributed by atoms with E-state index in [9.17, 15) is 4.79 Å². The molecule has 7 nitrogen and oxygen atoms in total. The van der Waals surface area contributed by atoms with Gasteiger partial charge in [0.15, 0.2) is 6.04 Å². The maximum Gasteiger partial charge on any atom is 0.278 e. The van der Waals surface area contributed by atoms with Crippen LogP contribution in [0.2, 0.25) is 0 Å². The minimum absolute atomic E-state index is 0.174. The van der Waals surface area contributed by atoms with E-state index >= 15 is 0 Å². The molecule has 120 valence electrons. The number of amides is 1. The van der Waals surface area contributed by atoms with Gasteiger partial charge in [-0.25, -0.2) is 4.68 Å². The van der Waals surface area contributed by atoms with Gasteiger partial charge in [-0.1, -0.05) is 21.1 Å². The summed E-state index contributed by atoms with van der Waals surface area (Å²) in [5.41, 5.74) is 9.16. The highest BCUT2D eigenvalue weighted by molar-refractivity contribution is 9.10. The molecule has 1 aliphatic rings. The van der Waals surface area contributed by atoms with Crippen molar-refractivity contribution in [2.75, 3.05) is 10.7 Å². The second-order valence-corrected chi connectivity index (χ2v) is 6.47. The molecule has 0 radical (unpaired) electrons.